The van der Waals surface area contributed by atoms with Gasteiger partial charge in [-0.05, 0) is 93.4 Å². The Morgan fingerprint density at radius 1 is 1.14 bits per heavy atom. The number of benzene rings is 2. The molecule has 0 spiro atoms. The molecule has 0 aromatic heterocycles. The normalized spacial score (nSPS) is 12.2. The van der Waals surface area contributed by atoms with Crippen LogP contribution in [0.15, 0.2) is 45.3 Å². The molecular weight excluding hydrogens is 509 g/mol. The molecule has 0 fully saturated rings. The van der Waals surface area contributed by atoms with Gasteiger partial charge in [0.05, 0.1) is 11.6 Å². The Morgan fingerprint density at radius 3 is 2.52 bits per heavy atom. The fourth-order valence-corrected chi connectivity index (χ4v) is 3.85. The minimum absolute atomic E-state index is 0.259. The largest absolute Gasteiger partial charge is 0.496 e. The zero-order chi connectivity index (χ0) is 15.4. The summed E-state index contributed by atoms with van der Waals surface area (Å²) in [5.41, 5.74) is 2.53. The summed E-state index contributed by atoms with van der Waals surface area (Å²) >= 11 is 9.54. The van der Waals surface area contributed by atoms with Gasteiger partial charge in [0.15, 0.2) is 0 Å². The molecule has 112 valence electrons. The van der Waals surface area contributed by atoms with Crippen LogP contribution in [0, 0.1) is 3.57 Å². The van der Waals surface area contributed by atoms with E-state index in [1.165, 1.54) is 14.7 Å². The molecule has 0 radical (unpaired) electrons. The van der Waals surface area contributed by atoms with Crippen LogP contribution in [0.2, 0.25) is 0 Å². The molecule has 0 saturated heterocycles. The highest BCUT2D eigenvalue weighted by atomic mass is 127. The van der Waals surface area contributed by atoms with Crippen molar-refractivity contribution in [1.29, 1.82) is 0 Å². The van der Waals surface area contributed by atoms with Crippen molar-refractivity contribution < 1.29 is 4.74 Å². The molecule has 0 aliphatic carbocycles. The van der Waals surface area contributed by atoms with Gasteiger partial charge >= 0.3 is 0 Å². The quantitative estimate of drug-likeness (QED) is 0.534. The standard InChI is InChI=1S/C16H16Br2INO/c1-20-15(12-9-11(19)4-5-13(12)17)8-10-3-6-16(21-2)14(18)7-10/h3-7,9,15,20H,8H2,1-2H3. The highest BCUT2D eigenvalue weighted by molar-refractivity contribution is 14.1. The van der Waals surface area contributed by atoms with Crippen molar-refractivity contribution in [3.8, 4) is 5.75 Å². The second-order valence-corrected chi connectivity index (χ2v) is 7.63. The minimum atomic E-state index is 0.259. The molecule has 1 atom stereocenters. The summed E-state index contributed by atoms with van der Waals surface area (Å²) < 4.78 is 8.64. The lowest BCUT2D eigenvalue weighted by Gasteiger charge is -2.19. The molecule has 0 aliphatic heterocycles. The Balaban J connectivity index is 2.26. The van der Waals surface area contributed by atoms with Crippen molar-refractivity contribution in [2.75, 3.05) is 14.2 Å². The van der Waals surface area contributed by atoms with Gasteiger partial charge in [-0.2, -0.15) is 0 Å². The van der Waals surface area contributed by atoms with E-state index in [4.69, 9.17) is 4.74 Å². The molecule has 1 unspecified atom stereocenters. The van der Waals surface area contributed by atoms with Crippen LogP contribution in [0.25, 0.3) is 0 Å². The van der Waals surface area contributed by atoms with Crippen molar-refractivity contribution in [1.82, 2.24) is 5.32 Å². The predicted octanol–water partition coefficient (Wildman–Crippen LogP) is 5.33. The van der Waals surface area contributed by atoms with E-state index < -0.39 is 0 Å². The summed E-state index contributed by atoms with van der Waals surface area (Å²) in [6.45, 7) is 0. The molecule has 0 aliphatic rings. The van der Waals surface area contributed by atoms with Gasteiger partial charge in [0.25, 0.3) is 0 Å². The summed E-state index contributed by atoms with van der Waals surface area (Å²) in [6.07, 6.45) is 0.914. The van der Waals surface area contributed by atoms with Crippen LogP contribution in [-0.4, -0.2) is 14.2 Å². The Hall–Kier alpha value is -0.110. The molecule has 0 amide bonds. The maximum atomic E-state index is 5.28. The second-order valence-electron chi connectivity index (χ2n) is 4.68. The first-order valence-corrected chi connectivity index (χ1v) is 9.16. The number of hydrogen-bond acceptors (Lipinski definition) is 2. The van der Waals surface area contributed by atoms with E-state index in [1.54, 1.807) is 7.11 Å². The average Bonchev–Trinajstić information content (AvgIpc) is 2.47. The van der Waals surface area contributed by atoms with E-state index >= 15 is 0 Å². The summed E-state index contributed by atoms with van der Waals surface area (Å²) in [6, 6.07) is 12.9. The van der Waals surface area contributed by atoms with Gasteiger partial charge in [-0.1, -0.05) is 22.0 Å². The zero-order valence-electron chi connectivity index (χ0n) is 11.8. The summed E-state index contributed by atoms with van der Waals surface area (Å²) in [5, 5.41) is 3.40. The average molecular weight is 525 g/mol. The van der Waals surface area contributed by atoms with Crippen molar-refractivity contribution in [2.45, 2.75) is 12.5 Å². The molecule has 2 aromatic carbocycles. The highest BCUT2D eigenvalue weighted by Gasteiger charge is 2.14. The van der Waals surface area contributed by atoms with Crippen molar-refractivity contribution in [3.63, 3.8) is 0 Å². The number of ether oxygens (including phenoxy) is 1. The molecular formula is C16H16Br2INO. The SMILES string of the molecule is CNC(Cc1ccc(OC)c(Br)c1)c1cc(I)ccc1Br. The third-order valence-corrected chi connectivity index (χ3v) is 5.35. The van der Waals surface area contributed by atoms with Gasteiger partial charge in [-0.15, -0.1) is 0 Å². The van der Waals surface area contributed by atoms with Crippen LogP contribution in [0.4, 0.5) is 0 Å². The lowest BCUT2D eigenvalue weighted by atomic mass is 9.99. The fourth-order valence-electron chi connectivity index (χ4n) is 2.22. The topological polar surface area (TPSA) is 21.3 Å². The van der Waals surface area contributed by atoms with E-state index in [2.05, 4.69) is 90.1 Å². The highest BCUT2D eigenvalue weighted by Crippen LogP contribution is 2.30. The van der Waals surface area contributed by atoms with Gasteiger partial charge in [0, 0.05) is 14.1 Å². The van der Waals surface area contributed by atoms with Crippen LogP contribution < -0.4 is 10.1 Å². The second kappa shape index (κ2) is 7.94. The van der Waals surface area contributed by atoms with Gasteiger partial charge in [-0.3, -0.25) is 0 Å². The number of methoxy groups -OCH3 is 1. The van der Waals surface area contributed by atoms with Crippen LogP contribution in [0.5, 0.6) is 5.75 Å². The number of halogens is 3. The molecule has 2 rings (SSSR count). The van der Waals surface area contributed by atoms with Crippen LogP contribution >= 0.6 is 54.5 Å². The van der Waals surface area contributed by atoms with Crippen LogP contribution in [-0.2, 0) is 6.42 Å². The third kappa shape index (κ3) is 4.43. The first-order chi connectivity index (χ1) is 10.0. The number of hydrogen-bond donors (Lipinski definition) is 1. The third-order valence-electron chi connectivity index (χ3n) is 3.34. The van der Waals surface area contributed by atoms with Crippen molar-refractivity contribution in [3.05, 3.63) is 60.0 Å². The van der Waals surface area contributed by atoms with Gasteiger partial charge in [-0.25, -0.2) is 0 Å². The van der Waals surface area contributed by atoms with E-state index in [9.17, 15) is 0 Å². The molecule has 21 heavy (non-hydrogen) atoms. The van der Waals surface area contributed by atoms with Crippen molar-refractivity contribution >= 4 is 54.5 Å². The van der Waals surface area contributed by atoms with E-state index in [-0.39, 0.29) is 6.04 Å². The summed E-state index contributed by atoms with van der Waals surface area (Å²) in [4.78, 5) is 0. The van der Waals surface area contributed by atoms with Crippen molar-refractivity contribution in [2.24, 2.45) is 0 Å². The monoisotopic (exact) mass is 523 g/mol. The Labute approximate surface area is 156 Å². The molecule has 2 aromatic rings. The summed E-state index contributed by atoms with van der Waals surface area (Å²) in [5.74, 6) is 0.857. The Kier molecular flexibility index (Phi) is 6.52. The maximum absolute atomic E-state index is 5.28. The number of nitrogens with one attached hydrogen (secondary N) is 1. The van der Waals surface area contributed by atoms with E-state index in [1.807, 2.05) is 13.1 Å². The lowest BCUT2D eigenvalue weighted by Crippen LogP contribution is -2.19. The Morgan fingerprint density at radius 2 is 1.90 bits per heavy atom. The predicted molar refractivity (Wildman–Crippen MR) is 103 cm³/mol. The first-order valence-electron chi connectivity index (χ1n) is 6.49. The maximum Gasteiger partial charge on any atom is 0.133 e. The summed E-state index contributed by atoms with van der Waals surface area (Å²) in [7, 11) is 3.68. The van der Waals surface area contributed by atoms with Crippen LogP contribution in [0.1, 0.15) is 17.2 Å². The number of likely N-dealkylation sites (N-methyl/N-ethyl adjacent to an activating group) is 1. The van der Waals surface area contributed by atoms with Gasteiger partial charge in [0.1, 0.15) is 5.75 Å². The van der Waals surface area contributed by atoms with Gasteiger partial charge in [0.2, 0.25) is 0 Å². The molecule has 5 heteroatoms. The molecule has 2 nitrogen and oxygen atoms in total. The molecule has 0 bridgehead atoms. The first kappa shape index (κ1) is 17.2. The van der Waals surface area contributed by atoms with E-state index in [0.717, 1.165) is 21.1 Å². The van der Waals surface area contributed by atoms with Gasteiger partial charge < -0.3 is 10.1 Å². The molecule has 0 heterocycles. The fraction of sp³-hybridized carbons (Fsp3) is 0.250. The number of rotatable bonds is 5. The lowest BCUT2D eigenvalue weighted by molar-refractivity contribution is 0.412. The smallest absolute Gasteiger partial charge is 0.133 e. The van der Waals surface area contributed by atoms with E-state index in [0.29, 0.717) is 0 Å². The zero-order valence-corrected chi connectivity index (χ0v) is 17.1. The molecule has 1 N–H and O–H groups in total. The molecule has 0 saturated carbocycles. The van der Waals surface area contributed by atoms with Crippen LogP contribution in [0.3, 0.4) is 0 Å². The minimum Gasteiger partial charge on any atom is -0.496 e. The Bertz CT molecular complexity index is 634.